The molecule has 0 heterocycles. The van der Waals surface area contributed by atoms with E-state index in [2.05, 4.69) is 72.8 Å². The van der Waals surface area contributed by atoms with Crippen molar-refractivity contribution in [1.29, 1.82) is 0 Å². The highest BCUT2D eigenvalue weighted by molar-refractivity contribution is 14.3. The minimum atomic E-state index is 0.0523. The number of hydrogen-bond acceptors (Lipinski definition) is 2. The molecular weight excluding hydrogens is 507 g/mol. The molecule has 1 aromatic rings. The van der Waals surface area contributed by atoms with Crippen LogP contribution >= 0.6 is 67.8 Å². The van der Waals surface area contributed by atoms with Crippen molar-refractivity contribution >= 4 is 79.5 Å². The van der Waals surface area contributed by atoms with Gasteiger partial charge in [0.2, 0.25) is 6.08 Å². The fourth-order valence-electron chi connectivity index (χ4n) is 0.778. The van der Waals surface area contributed by atoms with Gasteiger partial charge < -0.3 is 0 Å². The van der Waals surface area contributed by atoms with Crippen molar-refractivity contribution in [2.75, 3.05) is 0 Å². The zero-order chi connectivity index (χ0) is 9.90. The molecule has 0 fully saturated rings. The average molecular weight is 511 g/mol. The van der Waals surface area contributed by atoms with Crippen LogP contribution in [-0.4, -0.2) is 6.08 Å². The summed E-state index contributed by atoms with van der Waals surface area (Å²) in [5.74, 6) is 0. The lowest BCUT2D eigenvalue weighted by molar-refractivity contribution is 0.565. The quantitative estimate of drug-likeness (QED) is 0.255. The fourth-order valence-corrected chi connectivity index (χ4v) is 1.86. The van der Waals surface area contributed by atoms with Gasteiger partial charge in [0.05, 0.1) is 5.69 Å². The van der Waals surface area contributed by atoms with Gasteiger partial charge in [0.15, 0.2) is 0 Å². The van der Waals surface area contributed by atoms with E-state index >= 15 is 0 Å². The average Bonchev–Trinajstić information content (AvgIpc) is 2.04. The second kappa shape index (κ2) is 5.04. The van der Waals surface area contributed by atoms with Crippen LogP contribution in [0.5, 0.6) is 0 Å². The lowest BCUT2D eigenvalue weighted by Gasteiger charge is -2.11. The van der Waals surface area contributed by atoms with Gasteiger partial charge in [0.25, 0.3) is 0 Å². The Morgan fingerprint density at radius 1 is 1.15 bits per heavy atom. The number of hydrogen-bond donors (Lipinski definition) is 0. The highest BCUT2D eigenvalue weighted by atomic mass is 127. The third-order valence-electron chi connectivity index (χ3n) is 1.37. The van der Waals surface area contributed by atoms with Crippen LogP contribution < -0.4 is 0 Å². The summed E-state index contributed by atoms with van der Waals surface area (Å²) in [5.41, 5.74) is 1.84. The standard InChI is InChI=1S/C8H4I3NO/c9-8(10,11)6-1-3-7(4-2-6)12-5-13/h1-4H. The van der Waals surface area contributed by atoms with Gasteiger partial charge in [-0.1, -0.05) is 12.1 Å². The van der Waals surface area contributed by atoms with Gasteiger partial charge in [0, 0.05) is 0 Å². The van der Waals surface area contributed by atoms with Crippen LogP contribution in [0.4, 0.5) is 5.69 Å². The molecule has 0 saturated carbocycles. The summed E-state index contributed by atoms with van der Waals surface area (Å²) < 4.78 is 0.0523. The van der Waals surface area contributed by atoms with Crippen LogP contribution in [0, 0.1) is 0 Å². The Morgan fingerprint density at radius 3 is 2.08 bits per heavy atom. The molecular formula is C8H4I3NO. The maximum atomic E-state index is 9.96. The third kappa shape index (κ3) is 3.80. The number of isocyanates is 1. The molecule has 0 aliphatic rings. The molecule has 0 N–H and O–H groups in total. The van der Waals surface area contributed by atoms with Crippen LogP contribution in [0.15, 0.2) is 29.3 Å². The summed E-state index contributed by atoms with van der Waals surface area (Å²) in [4.78, 5) is 13.5. The molecule has 0 saturated heterocycles. The first-order chi connectivity index (χ1) is 6.04. The minimum absolute atomic E-state index is 0.0523. The van der Waals surface area contributed by atoms with Gasteiger partial charge >= 0.3 is 0 Å². The van der Waals surface area contributed by atoms with Crippen LogP contribution in [0.1, 0.15) is 5.56 Å². The number of halogens is 3. The Balaban J connectivity index is 3.00. The van der Waals surface area contributed by atoms with E-state index in [9.17, 15) is 4.79 Å². The van der Waals surface area contributed by atoms with Crippen molar-refractivity contribution < 1.29 is 4.79 Å². The number of rotatable bonds is 2. The molecule has 0 amide bonds. The molecule has 0 bridgehead atoms. The van der Waals surface area contributed by atoms with E-state index in [1.807, 2.05) is 24.3 Å². The SMILES string of the molecule is O=C=Nc1ccc(C(I)(I)I)cc1. The Hall–Kier alpha value is 0.790. The summed E-state index contributed by atoms with van der Waals surface area (Å²) in [6.45, 7) is 0. The van der Waals surface area contributed by atoms with E-state index in [0.29, 0.717) is 5.69 Å². The van der Waals surface area contributed by atoms with Crippen molar-refractivity contribution in [3.05, 3.63) is 29.8 Å². The van der Waals surface area contributed by atoms with Crippen LogP contribution in [0.3, 0.4) is 0 Å². The predicted molar refractivity (Wildman–Crippen MR) is 78.0 cm³/mol. The van der Waals surface area contributed by atoms with Crippen LogP contribution in [0.2, 0.25) is 0 Å². The van der Waals surface area contributed by atoms with Crippen molar-refractivity contribution in [2.45, 2.75) is -0.565 Å². The molecule has 13 heavy (non-hydrogen) atoms. The van der Waals surface area contributed by atoms with E-state index in [4.69, 9.17) is 0 Å². The number of benzene rings is 1. The van der Waals surface area contributed by atoms with Crippen molar-refractivity contribution in [2.24, 2.45) is 4.99 Å². The topological polar surface area (TPSA) is 29.4 Å². The van der Waals surface area contributed by atoms with Crippen LogP contribution in [-0.2, 0) is 4.23 Å². The first-order valence-electron chi connectivity index (χ1n) is 3.29. The van der Waals surface area contributed by atoms with Gasteiger partial charge in [-0.25, -0.2) is 4.79 Å². The molecule has 5 heteroatoms. The van der Waals surface area contributed by atoms with Gasteiger partial charge in [0.1, 0.15) is -0.565 Å². The van der Waals surface area contributed by atoms with Crippen LogP contribution in [0.25, 0.3) is 0 Å². The minimum Gasteiger partial charge on any atom is -0.211 e. The third-order valence-corrected chi connectivity index (χ3v) is 3.24. The largest absolute Gasteiger partial charge is 0.240 e. The summed E-state index contributed by atoms with van der Waals surface area (Å²) in [7, 11) is 0. The maximum Gasteiger partial charge on any atom is 0.240 e. The molecule has 0 spiro atoms. The Morgan fingerprint density at radius 2 is 1.69 bits per heavy atom. The molecule has 0 atom stereocenters. The molecule has 0 aliphatic carbocycles. The number of alkyl halides is 3. The van der Waals surface area contributed by atoms with Crippen molar-refractivity contribution in [3.63, 3.8) is 0 Å². The van der Waals surface area contributed by atoms with E-state index in [-0.39, 0.29) is -0.565 Å². The zero-order valence-electron chi connectivity index (χ0n) is 6.30. The monoisotopic (exact) mass is 511 g/mol. The lowest BCUT2D eigenvalue weighted by Crippen LogP contribution is -1.95. The molecule has 0 unspecified atom stereocenters. The highest BCUT2D eigenvalue weighted by Gasteiger charge is 2.19. The second-order valence-electron chi connectivity index (χ2n) is 2.25. The summed E-state index contributed by atoms with van der Waals surface area (Å²) in [5, 5.41) is 0. The van der Waals surface area contributed by atoms with E-state index in [1.54, 1.807) is 0 Å². The van der Waals surface area contributed by atoms with E-state index in [1.165, 1.54) is 11.6 Å². The van der Waals surface area contributed by atoms with Gasteiger partial charge in [-0.3, -0.25) is 0 Å². The summed E-state index contributed by atoms with van der Waals surface area (Å²) in [6, 6.07) is 7.54. The van der Waals surface area contributed by atoms with Gasteiger partial charge in [-0.2, -0.15) is 4.99 Å². The molecule has 1 aromatic carbocycles. The molecule has 0 aliphatic heterocycles. The Kier molecular flexibility index (Phi) is 4.59. The summed E-state index contributed by atoms with van der Waals surface area (Å²) >= 11 is 7.02. The second-order valence-corrected chi connectivity index (χ2v) is 13.3. The van der Waals surface area contributed by atoms with Crippen molar-refractivity contribution in [1.82, 2.24) is 0 Å². The lowest BCUT2D eigenvalue weighted by atomic mass is 10.2. The molecule has 0 radical (unpaired) electrons. The Bertz CT molecular complexity index is 335. The zero-order valence-corrected chi connectivity index (χ0v) is 12.8. The molecule has 2 nitrogen and oxygen atoms in total. The number of nitrogens with zero attached hydrogens (tertiary/aromatic N) is 1. The molecule has 68 valence electrons. The Labute approximate surface area is 117 Å². The summed E-state index contributed by atoms with van der Waals surface area (Å²) in [6.07, 6.45) is 1.51. The predicted octanol–water partition coefficient (Wildman–Crippen LogP) is 4.07. The van der Waals surface area contributed by atoms with Crippen molar-refractivity contribution in [3.8, 4) is 0 Å². The normalized spacial score (nSPS) is 10.7. The number of aliphatic imine (C=N–C) groups is 1. The van der Waals surface area contributed by atoms with Gasteiger partial charge in [-0.15, -0.1) is 0 Å². The number of carbonyl (C=O) groups excluding carboxylic acids is 1. The molecule has 0 aromatic heterocycles. The maximum absolute atomic E-state index is 9.96. The van der Waals surface area contributed by atoms with E-state index in [0.717, 1.165) is 0 Å². The smallest absolute Gasteiger partial charge is 0.211 e. The first kappa shape index (κ1) is 11.9. The van der Waals surface area contributed by atoms with E-state index < -0.39 is 0 Å². The molecule has 1 rings (SSSR count). The fraction of sp³-hybridized carbons (Fsp3) is 0.125. The highest BCUT2D eigenvalue weighted by Crippen LogP contribution is 2.46. The first-order valence-corrected chi connectivity index (χ1v) is 6.53. The van der Waals surface area contributed by atoms with Gasteiger partial charge in [-0.05, 0) is 85.5 Å².